The molecule has 0 unspecified atom stereocenters. The van der Waals surface area contributed by atoms with E-state index in [0.29, 0.717) is 5.56 Å². The van der Waals surface area contributed by atoms with E-state index in [1.165, 1.54) is 13.2 Å². The molecular weight excluding hydrogens is 396 g/mol. The second-order valence-electron chi connectivity index (χ2n) is 6.17. The summed E-state index contributed by atoms with van der Waals surface area (Å²) in [7, 11) is 2.43. The van der Waals surface area contributed by atoms with Crippen molar-refractivity contribution in [3.8, 4) is 23.0 Å². The Kier molecular flexibility index (Phi) is 8.02. The minimum atomic E-state index is -0.852. The maximum atomic E-state index is 13.6. The molecule has 9 nitrogen and oxygen atoms in total. The van der Waals surface area contributed by atoms with Crippen LogP contribution in [0.5, 0.6) is 23.0 Å². The summed E-state index contributed by atoms with van der Waals surface area (Å²) in [5.41, 5.74) is 0.310. The first-order valence-corrected chi connectivity index (χ1v) is 9.03. The van der Waals surface area contributed by atoms with Crippen molar-refractivity contribution in [1.29, 1.82) is 0 Å². The fourth-order valence-electron chi connectivity index (χ4n) is 2.88. The molecule has 162 valence electrons. The third kappa shape index (κ3) is 5.00. The Bertz CT molecular complexity index is 892. The zero-order chi connectivity index (χ0) is 22.3. The molecule has 0 aliphatic rings. The van der Waals surface area contributed by atoms with Gasteiger partial charge in [0.2, 0.25) is 5.78 Å². The van der Waals surface area contributed by atoms with Crippen LogP contribution in [0, 0.1) is 6.92 Å². The Hall–Kier alpha value is -3.30. The van der Waals surface area contributed by atoms with E-state index < -0.39 is 11.8 Å². The van der Waals surface area contributed by atoms with Crippen molar-refractivity contribution in [2.24, 2.45) is 0 Å². The lowest BCUT2D eigenvalue weighted by Crippen LogP contribution is -2.16. The third-order valence-electron chi connectivity index (χ3n) is 4.07. The molecule has 30 heavy (non-hydrogen) atoms. The smallest absolute Gasteiger partial charge is 0.338 e. The second-order valence-corrected chi connectivity index (χ2v) is 6.17. The van der Waals surface area contributed by atoms with Gasteiger partial charge < -0.3 is 34.3 Å². The predicted molar refractivity (Wildman–Crippen MR) is 106 cm³/mol. The molecule has 0 aliphatic heterocycles. The van der Waals surface area contributed by atoms with E-state index in [2.05, 4.69) is 0 Å². The van der Waals surface area contributed by atoms with Crippen LogP contribution in [0.2, 0.25) is 0 Å². The fraction of sp³-hybridized carbons (Fsp3) is 0.333. The van der Waals surface area contributed by atoms with Gasteiger partial charge in [0.15, 0.2) is 0 Å². The van der Waals surface area contributed by atoms with Gasteiger partial charge in [0.25, 0.3) is 0 Å². The van der Waals surface area contributed by atoms with E-state index in [9.17, 15) is 14.7 Å². The van der Waals surface area contributed by atoms with E-state index in [-0.39, 0.29) is 66.1 Å². The number of carbonyl (C=O) groups is 2. The van der Waals surface area contributed by atoms with Gasteiger partial charge in [-0.05, 0) is 30.7 Å². The van der Waals surface area contributed by atoms with Crippen LogP contribution in [0.4, 0.5) is 0 Å². The van der Waals surface area contributed by atoms with Crippen molar-refractivity contribution >= 4 is 11.8 Å². The summed E-state index contributed by atoms with van der Waals surface area (Å²) in [5.74, 6) is -1.65. The lowest BCUT2D eigenvalue weighted by Gasteiger charge is -2.18. The number of benzene rings is 2. The third-order valence-corrected chi connectivity index (χ3v) is 4.07. The summed E-state index contributed by atoms with van der Waals surface area (Å²) in [6.45, 7) is 1.01. The topological polar surface area (TPSA) is 132 Å². The minimum Gasteiger partial charge on any atom is -0.508 e. The van der Waals surface area contributed by atoms with Crippen molar-refractivity contribution in [3.63, 3.8) is 0 Å². The number of aryl methyl sites for hydroxylation is 1. The molecule has 0 fully saturated rings. The standard InChI is InChI=1S/C21H24O9/c1-12-8-16(29-6-4-22)19(17(9-12)30-7-5-23)20(25)18-14(21(26)28-3)10-13(24)11-15(18)27-2/h8-11,22-24H,4-7H2,1-3H3. The average Bonchev–Trinajstić information content (AvgIpc) is 2.74. The molecular formula is C21H24O9. The van der Waals surface area contributed by atoms with Crippen LogP contribution in [-0.4, -0.2) is 67.7 Å². The van der Waals surface area contributed by atoms with E-state index in [4.69, 9.17) is 29.2 Å². The molecule has 2 aromatic rings. The number of aliphatic hydroxyl groups excluding tert-OH is 2. The molecule has 9 heteroatoms. The summed E-state index contributed by atoms with van der Waals surface area (Å²) >= 11 is 0. The van der Waals surface area contributed by atoms with Gasteiger partial charge >= 0.3 is 5.97 Å². The maximum Gasteiger partial charge on any atom is 0.338 e. The largest absolute Gasteiger partial charge is 0.508 e. The molecule has 0 radical (unpaired) electrons. The highest BCUT2D eigenvalue weighted by Gasteiger charge is 2.30. The number of phenolic OH excluding ortho intramolecular Hbond substituents is 1. The first-order chi connectivity index (χ1) is 14.4. The van der Waals surface area contributed by atoms with Gasteiger partial charge in [-0.2, -0.15) is 0 Å². The van der Waals surface area contributed by atoms with Gasteiger partial charge in [0.05, 0.1) is 38.6 Å². The van der Waals surface area contributed by atoms with Crippen molar-refractivity contribution in [1.82, 2.24) is 0 Å². The number of aromatic hydroxyl groups is 1. The van der Waals surface area contributed by atoms with Crippen LogP contribution in [0.1, 0.15) is 31.8 Å². The summed E-state index contributed by atoms with van der Waals surface area (Å²) in [4.78, 5) is 25.9. The Morgan fingerprint density at radius 2 is 1.43 bits per heavy atom. The lowest BCUT2D eigenvalue weighted by molar-refractivity contribution is 0.0596. The molecule has 0 spiro atoms. The number of aliphatic hydroxyl groups is 2. The number of hydrogen-bond acceptors (Lipinski definition) is 9. The maximum absolute atomic E-state index is 13.6. The summed E-state index contributed by atoms with van der Waals surface area (Å²) in [6, 6.07) is 5.45. The first-order valence-electron chi connectivity index (χ1n) is 9.03. The molecule has 0 aromatic heterocycles. The molecule has 3 N–H and O–H groups in total. The summed E-state index contributed by atoms with van der Waals surface area (Å²) in [6.07, 6.45) is 0. The average molecular weight is 420 g/mol. The number of hydrogen-bond donors (Lipinski definition) is 3. The van der Waals surface area contributed by atoms with Gasteiger partial charge in [-0.25, -0.2) is 4.79 Å². The predicted octanol–water partition coefficient (Wildman–Crippen LogP) is 1.47. The number of carbonyl (C=O) groups excluding carboxylic acids is 2. The summed E-state index contributed by atoms with van der Waals surface area (Å²) < 4.78 is 21.0. The Balaban J connectivity index is 2.77. The second kappa shape index (κ2) is 10.5. The molecule has 0 bridgehead atoms. The number of phenols is 1. The van der Waals surface area contributed by atoms with E-state index >= 15 is 0 Å². The number of methoxy groups -OCH3 is 2. The molecule has 2 rings (SSSR count). The van der Waals surface area contributed by atoms with Crippen molar-refractivity contribution in [2.75, 3.05) is 40.6 Å². The Morgan fingerprint density at radius 3 is 1.90 bits per heavy atom. The number of ether oxygens (including phenoxy) is 4. The quantitative estimate of drug-likeness (QED) is 0.386. The van der Waals surface area contributed by atoms with Gasteiger partial charge in [-0.15, -0.1) is 0 Å². The van der Waals surface area contributed by atoms with Crippen LogP contribution in [-0.2, 0) is 4.74 Å². The lowest BCUT2D eigenvalue weighted by atomic mass is 9.94. The van der Waals surface area contributed by atoms with Crippen LogP contribution in [0.15, 0.2) is 24.3 Å². The fourth-order valence-corrected chi connectivity index (χ4v) is 2.88. The monoisotopic (exact) mass is 420 g/mol. The van der Waals surface area contributed by atoms with Crippen molar-refractivity contribution in [2.45, 2.75) is 6.92 Å². The van der Waals surface area contributed by atoms with Crippen LogP contribution < -0.4 is 14.2 Å². The number of esters is 1. The molecule has 0 heterocycles. The Morgan fingerprint density at radius 1 is 0.867 bits per heavy atom. The van der Waals surface area contributed by atoms with E-state index in [1.807, 2.05) is 0 Å². The molecule has 0 aliphatic carbocycles. The molecule has 0 saturated heterocycles. The summed E-state index contributed by atoms with van der Waals surface area (Å²) in [5, 5.41) is 28.2. The molecule has 0 amide bonds. The Labute approximate surface area is 173 Å². The minimum absolute atomic E-state index is 0.0309. The number of rotatable bonds is 10. The first kappa shape index (κ1) is 23.0. The van der Waals surface area contributed by atoms with Gasteiger partial charge in [-0.1, -0.05) is 0 Å². The van der Waals surface area contributed by atoms with Crippen molar-refractivity contribution < 1.29 is 43.9 Å². The van der Waals surface area contributed by atoms with Crippen molar-refractivity contribution in [3.05, 3.63) is 46.5 Å². The zero-order valence-corrected chi connectivity index (χ0v) is 16.9. The zero-order valence-electron chi connectivity index (χ0n) is 16.9. The SMILES string of the molecule is COC(=O)c1cc(O)cc(OC)c1C(=O)c1c(OCCO)cc(C)cc1OCCO. The van der Waals surface area contributed by atoms with Gasteiger partial charge in [-0.3, -0.25) is 4.79 Å². The van der Waals surface area contributed by atoms with Crippen LogP contribution >= 0.6 is 0 Å². The highest BCUT2D eigenvalue weighted by Crippen LogP contribution is 2.37. The molecule has 0 saturated carbocycles. The highest BCUT2D eigenvalue weighted by molar-refractivity contribution is 6.18. The normalized spacial score (nSPS) is 10.4. The van der Waals surface area contributed by atoms with Crippen LogP contribution in [0.25, 0.3) is 0 Å². The van der Waals surface area contributed by atoms with E-state index in [1.54, 1.807) is 19.1 Å². The van der Waals surface area contributed by atoms with E-state index in [0.717, 1.165) is 13.2 Å². The highest BCUT2D eigenvalue weighted by atomic mass is 16.5. The number of ketones is 1. The molecule has 2 aromatic carbocycles. The van der Waals surface area contributed by atoms with Gasteiger partial charge in [0, 0.05) is 6.07 Å². The van der Waals surface area contributed by atoms with Gasteiger partial charge in [0.1, 0.15) is 41.8 Å². The van der Waals surface area contributed by atoms with Crippen LogP contribution in [0.3, 0.4) is 0 Å². The molecule has 0 atom stereocenters.